The van der Waals surface area contributed by atoms with Gasteiger partial charge in [0.25, 0.3) is 0 Å². The molecule has 1 N–H and O–H groups in total. The number of hydrogen-bond donors (Lipinski definition) is 1. The van der Waals surface area contributed by atoms with E-state index in [1.807, 2.05) is 24.3 Å². The van der Waals surface area contributed by atoms with E-state index in [4.69, 9.17) is 9.84 Å². The van der Waals surface area contributed by atoms with Gasteiger partial charge < -0.3 is 9.84 Å². The maximum atomic E-state index is 8.95. The molecule has 1 aromatic carbocycles. The quantitative estimate of drug-likeness (QED) is 0.782. The van der Waals surface area contributed by atoms with E-state index in [0.717, 1.165) is 22.2 Å². The zero-order valence-corrected chi connectivity index (χ0v) is 7.90. The Balaban J connectivity index is 2.57. The fourth-order valence-corrected chi connectivity index (χ4v) is 1.36. The summed E-state index contributed by atoms with van der Waals surface area (Å²) < 4.78 is 5.07. The number of methoxy groups -OCH3 is 1. The van der Waals surface area contributed by atoms with Crippen molar-refractivity contribution in [2.24, 2.45) is 0 Å². The van der Waals surface area contributed by atoms with E-state index >= 15 is 0 Å². The molecule has 3 nitrogen and oxygen atoms in total. The Morgan fingerprint density at radius 1 is 1.36 bits per heavy atom. The van der Waals surface area contributed by atoms with Crippen LogP contribution in [0.25, 0.3) is 10.9 Å². The summed E-state index contributed by atoms with van der Waals surface area (Å²) in [5.74, 6) is 0.745. The average Bonchev–Trinajstić information content (AvgIpc) is 2.27. The number of aliphatic hydroxyl groups excluding tert-OH is 1. The Kier molecular flexibility index (Phi) is 2.33. The first-order chi connectivity index (χ1) is 6.83. The van der Waals surface area contributed by atoms with Gasteiger partial charge >= 0.3 is 0 Å². The summed E-state index contributed by atoms with van der Waals surface area (Å²) in [7, 11) is 1.62. The molecule has 0 atom stereocenters. The molecule has 14 heavy (non-hydrogen) atoms. The maximum Gasteiger partial charge on any atom is 0.137 e. The SMILES string of the molecule is COc1cnc2cc(CO)ccc2c1. The second-order valence-corrected chi connectivity index (χ2v) is 3.06. The fourth-order valence-electron chi connectivity index (χ4n) is 1.36. The summed E-state index contributed by atoms with van der Waals surface area (Å²) in [6, 6.07) is 7.60. The largest absolute Gasteiger partial charge is 0.495 e. The number of ether oxygens (including phenoxy) is 1. The molecule has 0 fully saturated rings. The highest BCUT2D eigenvalue weighted by molar-refractivity contribution is 5.80. The Morgan fingerprint density at radius 3 is 2.93 bits per heavy atom. The van der Waals surface area contributed by atoms with Gasteiger partial charge in [0, 0.05) is 5.39 Å². The molecule has 0 aliphatic carbocycles. The third-order valence-corrected chi connectivity index (χ3v) is 2.14. The summed E-state index contributed by atoms with van der Waals surface area (Å²) in [5.41, 5.74) is 1.74. The van der Waals surface area contributed by atoms with Gasteiger partial charge in [0.2, 0.25) is 0 Å². The lowest BCUT2D eigenvalue weighted by Crippen LogP contribution is -1.87. The van der Waals surface area contributed by atoms with Crippen molar-refractivity contribution in [2.45, 2.75) is 6.61 Å². The van der Waals surface area contributed by atoms with Crippen molar-refractivity contribution in [3.8, 4) is 5.75 Å². The Labute approximate surface area is 82.0 Å². The number of aromatic nitrogens is 1. The Bertz CT molecular complexity index is 411. The summed E-state index contributed by atoms with van der Waals surface area (Å²) in [4.78, 5) is 4.22. The van der Waals surface area contributed by atoms with E-state index in [2.05, 4.69) is 4.98 Å². The second kappa shape index (κ2) is 3.64. The number of pyridine rings is 1. The van der Waals surface area contributed by atoms with Crippen molar-refractivity contribution in [2.75, 3.05) is 7.11 Å². The zero-order valence-electron chi connectivity index (χ0n) is 7.90. The first-order valence-electron chi connectivity index (χ1n) is 4.37. The molecule has 2 rings (SSSR count). The lowest BCUT2D eigenvalue weighted by molar-refractivity contribution is 0.282. The van der Waals surface area contributed by atoms with Crippen molar-refractivity contribution in [1.29, 1.82) is 0 Å². The molecule has 1 aromatic heterocycles. The van der Waals surface area contributed by atoms with Crippen molar-refractivity contribution in [3.05, 3.63) is 36.0 Å². The molecule has 0 unspecified atom stereocenters. The minimum absolute atomic E-state index is 0.0453. The molecule has 0 saturated carbocycles. The molecule has 0 radical (unpaired) electrons. The van der Waals surface area contributed by atoms with E-state index < -0.39 is 0 Å². The number of nitrogens with zero attached hydrogens (tertiary/aromatic N) is 1. The van der Waals surface area contributed by atoms with Gasteiger partial charge in [-0.2, -0.15) is 0 Å². The summed E-state index contributed by atoms with van der Waals surface area (Å²) in [5, 5.41) is 9.96. The van der Waals surface area contributed by atoms with Crippen LogP contribution in [0, 0.1) is 0 Å². The maximum absolute atomic E-state index is 8.95. The van der Waals surface area contributed by atoms with E-state index in [1.54, 1.807) is 13.3 Å². The molecule has 3 heteroatoms. The number of fused-ring (bicyclic) bond motifs is 1. The zero-order chi connectivity index (χ0) is 9.97. The number of benzene rings is 1. The summed E-state index contributed by atoms with van der Waals surface area (Å²) in [6.45, 7) is 0.0453. The third kappa shape index (κ3) is 1.54. The van der Waals surface area contributed by atoms with Crippen LogP contribution in [0.5, 0.6) is 5.75 Å². The molecule has 72 valence electrons. The average molecular weight is 189 g/mol. The van der Waals surface area contributed by atoms with E-state index in [0.29, 0.717) is 0 Å². The van der Waals surface area contributed by atoms with Gasteiger partial charge in [-0.15, -0.1) is 0 Å². The van der Waals surface area contributed by atoms with Crippen LogP contribution in [-0.2, 0) is 6.61 Å². The number of hydrogen-bond acceptors (Lipinski definition) is 3. The van der Waals surface area contributed by atoms with Crippen LogP contribution in [0.3, 0.4) is 0 Å². The van der Waals surface area contributed by atoms with Crippen LogP contribution in [0.4, 0.5) is 0 Å². The lowest BCUT2D eigenvalue weighted by atomic mass is 10.1. The molecule has 0 aliphatic heterocycles. The molecule has 0 amide bonds. The molecule has 0 aliphatic rings. The van der Waals surface area contributed by atoms with Gasteiger partial charge in [-0.3, -0.25) is 4.98 Å². The van der Waals surface area contributed by atoms with E-state index in [1.165, 1.54) is 0 Å². The first kappa shape index (κ1) is 8.97. The molecular formula is C11H11NO2. The van der Waals surface area contributed by atoms with Crippen LogP contribution in [-0.4, -0.2) is 17.2 Å². The van der Waals surface area contributed by atoms with Crippen molar-refractivity contribution in [3.63, 3.8) is 0 Å². The van der Waals surface area contributed by atoms with E-state index in [-0.39, 0.29) is 6.61 Å². The third-order valence-electron chi connectivity index (χ3n) is 2.14. The predicted octanol–water partition coefficient (Wildman–Crippen LogP) is 1.74. The van der Waals surface area contributed by atoms with Gasteiger partial charge in [0.1, 0.15) is 5.75 Å². The number of aliphatic hydroxyl groups is 1. The standard InChI is InChI=1S/C11H11NO2/c1-14-10-5-9-3-2-8(7-13)4-11(9)12-6-10/h2-6,13H,7H2,1H3. The van der Waals surface area contributed by atoms with Gasteiger partial charge in [-0.25, -0.2) is 0 Å². The smallest absolute Gasteiger partial charge is 0.137 e. The summed E-state index contributed by atoms with van der Waals surface area (Å²) in [6.07, 6.45) is 1.67. The van der Waals surface area contributed by atoms with Crippen LogP contribution in [0.1, 0.15) is 5.56 Å². The topological polar surface area (TPSA) is 42.4 Å². The van der Waals surface area contributed by atoms with Crippen molar-refractivity contribution < 1.29 is 9.84 Å². The Hall–Kier alpha value is -1.61. The van der Waals surface area contributed by atoms with Crippen molar-refractivity contribution in [1.82, 2.24) is 4.98 Å². The van der Waals surface area contributed by atoms with Gasteiger partial charge in [0.05, 0.1) is 25.4 Å². The van der Waals surface area contributed by atoms with Crippen LogP contribution in [0.2, 0.25) is 0 Å². The molecule has 0 bridgehead atoms. The van der Waals surface area contributed by atoms with Gasteiger partial charge in [-0.05, 0) is 17.7 Å². The molecular weight excluding hydrogens is 178 g/mol. The normalized spacial score (nSPS) is 10.4. The van der Waals surface area contributed by atoms with Crippen LogP contribution >= 0.6 is 0 Å². The second-order valence-electron chi connectivity index (χ2n) is 3.06. The summed E-state index contributed by atoms with van der Waals surface area (Å²) >= 11 is 0. The minimum Gasteiger partial charge on any atom is -0.495 e. The van der Waals surface area contributed by atoms with Gasteiger partial charge in [-0.1, -0.05) is 12.1 Å². The molecule has 0 saturated heterocycles. The van der Waals surface area contributed by atoms with Crippen LogP contribution < -0.4 is 4.74 Å². The predicted molar refractivity (Wildman–Crippen MR) is 54.2 cm³/mol. The molecule has 2 aromatic rings. The van der Waals surface area contributed by atoms with Crippen LogP contribution in [0.15, 0.2) is 30.5 Å². The molecule has 1 heterocycles. The van der Waals surface area contributed by atoms with E-state index in [9.17, 15) is 0 Å². The monoisotopic (exact) mass is 189 g/mol. The fraction of sp³-hybridized carbons (Fsp3) is 0.182. The van der Waals surface area contributed by atoms with Gasteiger partial charge in [0.15, 0.2) is 0 Å². The van der Waals surface area contributed by atoms with Crippen molar-refractivity contribution >= 4 is 10.9 Å². The highest BCUT2D eigenvalue weighted by Crippen LogP contribution is 2.19. The molecule has 0 spiro atoms. The highest BCUT2D eigenvalue weighted by atomic mass is 16.5. The number of rotatable bonds is 2. The lowest BCUT2D eigenvalue weighted by Gasteiger charge is -2.02. The Morgan fingerprint density at radius 2 is 2.21 bits per heavy atom. The minimum atomic E-state index is 0.0453. The first-order valence-corrected chi connectivity index (χ1v) is 4.37. The highest BCUT2D eigenvalue weighted by Gasteiger charge is 1.98.